The Hall–Kier alpha value is -1.55. The molecule has 1 aromatic rings. The smallest absolute Gasteiger partial charge is 0.260 e. The maximum atomic E-state index is 12.4. The monoisotopic (exact) mass is 246 g/mol. The van der Waals surface area contributed by atoms with Crippen LogP contribution in [0.25, 0.3) is 0 Å². The second-order valence-corrected chi connectivity index (χ2v) is 5.21. The van der Waals surface area contributed by atoms with Gasteiger partial charge >= 0.3 is 0 Å². The van der Waals surface area contributed by atoms with E-state index in [-0.39, 0.29) is 5.91 Å². The molecule has 1 aromatic carbocycles. The summed E-state index contributed by atoms with van der Waals surface area (Å²) >= 11 is 0. The minimum absolute atomic E-state index is 0.0707. The van der Waals surface area contributed by atoms with Crippen LogP contribution in [0.5, 0.6) is 5.75 Å². The molecule has 0 N–H and O–H groups in total. The Kier molecular flexibility index (Phi) is 2.55. The molecule has 18 heavy (non-hydrogen) atoms. The van der Waals surface area contributed by atoms with E-state index in [9.17, 15) is 4.79 Å². The van der Waals surface area contributed by atoms with Crippen molar-refractivity contribution in [3.63, 3.8) is 0 Å². The van der Waals surface area contributed by atoms with Crippen LogP contribution in [-0.4, -0.2) is 48.6 Å². The lowest BCUT2D eigenvalue weighted by Crippen LogP contribution is -2.61. The second kappa shape index (κ2) is 3.99. The molecule has 0 aliphatic carbocycles. The zero-order valence-electron chi connectivity index (χ0n) is 10.8. The van der Waals surface area contributed by atoms with E-state index in [1.165, 1.54) is 0 Å². The van der Waals surface area contributed by atoms with Crippen molar-refractivity contribution in [1.82, 2.24) is 9.80 Å². The molecule has 0 atom stereocenters. The first-order chi connectivity index (χ1) is 8.62. The number of amides is 1. The Balaban J connectivity index is 1.98. The van der Waals surface area contributed by atoms with E-state index in [1.807, 2.05) is 31.3 Å². The number of piperidine rings is 1. The van der Waals surface area contributed by atoms with E-state index in [1.54, 1.807) is 4.90 Å². The van der Waals surface area contributed by atoms with E-state index >= 15 is 0 Å². The van der Waals surface area contributed by atoms with E-state index in [4.69, 9.17) is 4.74 Å². The van der Waals surface area contributed by atoms with Gasteiger partial charge in [-0.25, -0.2) is 0 Å². The van der Waals surface area contributed by atoms with Gasteiger partial charge in [-0.2, -0.15) is 0 Å². The Labute approximate surface area is 107 Å². The summed E-state index contributed by atoms with van der Waals surface area (Å²) in [6.07, 6.45) is 1.72. The molecule has 3 rings (SSSR count). The van der Waals surface area contributed by atoms with Crippen LogP contribution in [-0.2, 0) is 0 Å². The summed E-state index contributed by atoms with van der Waals surface area (Å²) in [6, 6.07) is 7.51. The fourth-order valence-electron chi connectivity index (χ4n) is 2.78. The number of benzene rings is 1. The van der Waals surface area contributed by atoms with E-state index in [0.717, 1.165) is 31.7 Å². The lowest BCUT2D eigenvalue weighted by Gasteiger charge is -2.48. The van der Waals surface area contributed by atoms with Crippen LogP contribution in [0.2, 0.25) is 0 Å². The minimum Gasteiger partial charge on any atom is -0.467 e. The normalized spacial score (nSPS) is 22.8. The molecule has 0 bridgehead atoms. The molecule has 2 aliphatic heterocycles. The molecular formula is C14H18N2O2. The van der Waals surface area contributed by atoms with Gasteiger partial charge < -0.3 is 14.5 Å². The van der Waals surface area contributed by atoms with Gasteiger partial charge in [0.05, 0.1) is 5.56 Å². The van der Waals surface area contributed by atoms with Gasteiger partial charge in [0.2, 0.25) is 0 Å². The highest BCUT2D eigenvalue weighted by Gasteiger charge is 2.46. The first-order valence-electron chi connectivity index (χ1n) is 6.37. The number of hydrogen-bond donors (Lipinski definition) is 0. The molecule has 0 aromatic heterocycles. The molecule has 2 aliphatic rings. The molecule has 4 nitrogen and oxygen atoms in total. The third-order valence-corrected chi connectivity index (χ3v) is 4.10. The van der Waals surface area contributed by atoms with Crippen LogP contribution < -0.4 is 4.74 Å². The number of nitrogens with zero attached hydrogens (tertiary/aromatic N) is 2. The van der Waals surface area contributed by atoms with Crippen LogP contribution >= 0.6 is 0 Å². The Morgan fingerprint density at radius 2 is 1.83 bits per heavy atom. The van der Waals surface area contributed by atoms with Crippen molar-refractivity contribution >= 4 is 5.91 Å². The predicted octanol–water partition coefficient (Wildman–Crippen LogP) is 1.57. The maximum absolute atomic E-state index is 12.4. The van der Waals surface area contributed by atoms with Gasteiger partial charge in [0.25, 0.3) is 5.91 Å². The number of carbonyl (C=O) groups is 1. The SMILES string of the molecule is CN1CCC2(CC1)Oc1ccccc1C(=O)N2C. The van der Waals surface area contributed by atoms with Crippen LogP contribution in [0.3, 0.4) is 0 Å². The molecule has 1 amide bonds. The molecule has 2 heterocycles. The summed E-state index contributed by atoms with van der Waals surface area (Å²) in [4.78, 5) is 16.5. The zero-order valence-corrected chi connectivity index (χ0v) is 10.8. The first-order valence-corrected chi connectivity index (χ1v) is 6.37. The number of carbonyl (C=O) groups excluding carboxylic acids is 1. The molecule has 0 unspecified atom stereocenters. The quantitative estimate of drug-likeness (QED) is 0.696. The molecule has 1 spiro atoms. The number of hydrogen-bond acceptors (Lipinski definition) is 3. The fraction of sp³-hybridized carbons (Fsp3) is 0.500. The Bertz CT molecular complexity index is 478. The maximum Gasteiger partial charge on any atom is 0.260 e. The summed E-state index contributed by atoms with van der Waals surface area (Å²) in [5.74, 6) is 0.798. The van der Waals surface area contributed by atoms with Gasteiger partial charge in [0, 0.05) is 33.0 Å². The third-order valence-electron chi connectivity index (χ3n) is 4.10. The van der Waals surface area contributed by atoms with Crippen molar-refractivity contribution in [2.45, 2.75) is 18.6 Å². The van der Waals surface area contributed by atoms with E-state index < -0.39 is 5.72 Å². The van der Waals surface area contributed by atoms with Crippen LogP contribution in [0.4, 0.5) is 0 Å². The van der Waals surface area contributed by atoms with Crippen molar-refractivity contribution in [3.8, 4) is 5.75 Å². The number of para-hydroxylation sites is 1. The molecule has 1 fully saturated rings. The number of fused-ring (bicyclic) bond motifs is 1. The fourth-order valence-corrected chi connectivity index (χ4v) is 2.78. The molecule has 0 saturated carbocycles. The minimum atomic E-state index is -0.446. The van der Waals surface area contributed by atoms with Gasteiger partial charge in [-0.3, -0.25) is 4.79 Å². The third kappa shape index (κ3) is 1.60. The molecular weight excluding hydrogens is 228 g/mol. The Morgan fingerprint density at radius 3 is 2.56 bits per heavy atom. The highest BCUT2D eigenvalue weighted by Crippen LogP contribution is 2.38. The molecule has 1 saturated heterocycles. The Morgan fingerprint density at radius 1 is 1.17 bits per heavy atom. The van der Waals surface area contributed by atoms with Crippen molar-refractivity contribution in [2.75, 3.05) is 27.2 Å². The number of likely N-dealkylation sites (tertiary alicyclic amines) is 1. The predicted molar refractivity (Wildman–Crippen MR) is 68.6 cm³/mol. The largest absolute Gasteiger partial charge is 0.467 e. The summed E-state index contributed by atoms with van der Waals surface area (Å²) in [5.41, 5.74) is 0.224. The lowest BCUT2D eigenvalue weighted by atomic mass is 9.95. The standard InChI is InChI=1S/C14H18N2O2/c1-15-9-7-14(8-10-15)16(2)13(17)11-5-3-4-6-12(11)18-14/h3-6H,7-10H2,1-2H3. The average Bonchev–Trinajstić information content (AvgIpc) is 2.40. The number of ether oxygens (including phenoxy) is 1. The van der Waals surface area contributed by atoms with Crippen molar-refractivity contribution < 1.29 is 9.53 Å². The molecule has 4 heteroatoms. The van der Waals surface area contributed by atoms with Crippen LogP contribution in [0.1, 0.15) is 23.2 Å². The van der Waals surface area contributed by atoms with Crippen molar-refractivity contribution in [1.29, 1.82) is 0 Å². The summed E-state index contributed by atoms with van der Waals surface area (Å²) in [6.45, 7) is 1.92. The lowest BCUT2D eigenvalue weighted by molar-refractivity contribution is -0.0977. The van der Waals surface area contributed by atoms with Crippen LogP contribution in [0.15, 0.2) is 24.3 Å². The van der Waals surface area contributed by atoms with Crippen molar-refractivity contribution in [3.05, 3.63) is 29.8 Å². The van der Waals surface area contributed by atoms with Gasteiger partial charge in [-0.1, -0.05) is 12.1 Å². The highest BCUT2D eigenvalue weighted by molar-refractivity contribution is 5.98. The second-order valence-electron chi connectivity index (χ2n) is 5.21. The van der Waals surface area contributed by atoms with Gasteiger partial charge in [0.1, 0.15) is 5.75 Å². The molecule has 96 valence electrons. The molecule has 0 radical (unpaired) electrons. The topological polar surface area (TPSA) is 32.8 Å². The highest BCUT2D eigenvalue weighted by atomic mass is 16.5. The summed E-state index contributed by atoms with van der Waals surface area (Å²) in [7, 11) is 3.95. The van der Waals surface area contributed by atoms with Gasteiger partial charge in [-0.15, -0.1) is 0 Å². The van der Waals surface area contributed by atoms with Gasteiger partial charge in [-0.05, 0) is 19.2 Å². The average molecular weight is 246 g/mol. The van der Waals surface area contributed by atoms with E-state index in [2.05, 4.69) is 11.9 Å². The van der Waals surface area contributed by atoms with Gasteiger partial charge in [0.15, 0.2) is 5.72 Å². The van der Waals surface area contributed by atoms with Crippen LogP contribution in [0, 0.1) is 0 Å². The van der Waals surface area contributed by atoms with Crippen molar-refractivity contribution in [2.24, 2.45) is 0 Å². The zero-order chi connectivity index (χ0) is 12.8. The van der Waals surface area contributed by atoms with E-state index in [0.29, 0.717) is 5.56 Å². The number of rotatable bonds is 0. The summed E-state index contributed by atoms with van der Waals surface area (Å²) in [5, 5.41) is 0. The first kappa shape index (κ1) is 11.5. The summed E-state index contributed by atoms with van der Waals surface area (Å²) < 4.78 is 6.17.